The topological polar surface area (TPSA) is 145 Å². The summed E-state index contributed by atoms with van der Waals surface area (Å²) < 4.78 is 4.60. The summed E-state index contributed by atoms with van der Waals surface area (Å²) in [6.45, 7) is 0.500. The number of ether oxygens (including phenoxy) is 1. The molecule has 0 aliphatic heterocycles. The van der Waals surface area contributed by atoms with Crippen LogP contribution in [0.2, 0.25) is 0 Å². The summed E-state index contributed by atoms with van der Waals surface area (Å²) in [6.07, 6.45) is 1.61. The van der Waals surface area contributed by atoms with Crippen LogP contribution in [0, 0.1) is 0 Å². The van der Waals surface area contributed by atoms with Gasteiger partial charge in [-0.15, -0.1) is 0 Å². The van der Waals surface area contributed by atoms with Crippen molar-refractivity contribution in [2.75, 3.05) is 13.7 Å². The zero-order valence-electron chi connectivity index (χ0n) is 11.6. The van der Waals surface area contributed by atoms with Gasteiger partial charge in [-0.3, -0.25) is 9.59 Å². The van der Waals surface area contributed by atoms with Crippen molar-refractivity contribution >= 4 is 17.8 Å². The third kappa shape index (κ3) is 7.70. The molecule has 0 bridgehead atoms. The van der Waals surface area contributed by atoms with Crippen LogP contribution in [0.25, 0.3) is 0 Å². The van der Waals surface area contributed by atoms with Crippen molar-refractivity contribution in [1.29, 1.82) is 0 Å². The number of unbranched alkanes of at least 4 members (excludes halogenated alkanes) is 1. The first-order valence-corrected chi connectivity index (χ1v) is 6.48. The van der Waals surface area contributed by atoms with Crippen LogP contribution in [0.15, 0.2) is 0 Å². The third-order valence-corrected chi connectivity index (χ3v) is 2.76. The average molecular weight is 289 g/mol. The molecular weight excluding hydrogens is 266 g/mol. The molecule has 8 heteroatoms. The Hall–Kier alpha value is -1.67. The maximum absolute atomic E-state index is 11.8. The van der Waals surface area contributed by atoms with Crippen LogP contribution in [0.4, 0.5) is 0 Å². The summed E-state index contributed by atoms with van der Waals surface area (Å²) in [4.78, 5) is 33.7. The summed E-state index contributed by atoms with van der Waals surface area (Å²) >= 11 is 0. The molecule has 20 heavy (non-hydrogen) atoms. The fourth-order valence-corrected chi connectivity index (χ4v) is 1.57. The van der Waals surface area contributed by atoms with Crippen molar-refractivity contribution in [2.45, 2.75) is 44.2 Å². The molecule has 0 aromatic heterocycles. The van der Waals surface area contributed by atoms with E-state index in [1.807, 2.05) is 0 Å². The van der Waals surface area contributed by atoms with Crippen molar-refractivity contribution in [1.82, 2.24) is 5.32 Å². The highest BCUT2D eigenvalue weighted by Gasteiger charge is 2.24. The predicted octanol–water partition coefficient (Wildman–Crippen LogP) is -1.03. The molecule has 2 atom stereocenters. The van der Waals surface area contributed by atoms with Crippen molar-refractivity contribution in [2.24, 2.45) is 11.5 Å². The van der Waals surface area contributed by atoms with Crippen molar-refractivity contribution in [3.63, 3.8) is 0 Å². The van der Waals surface area contributed by atoms with Crippen molar-refractivity contribution < 1.29 is 24.2 Å². The van der Waals surface area contributed by atoms with Gasteiger partial charge < -0.3 is 26.6 Å². The molecule has 0 aromatic carbocycles. The molecule has 8 nitrogen and oxygen atoms in total. The number of nitrogens with one attached hydrogen (secondary N) is 1. The molecule has 0 unspecified atom stereocenters. The maximum atomic E-state index is 11.8. The Bertz CT molecular complexity index is 335. The van der Waals surface area contributed by atoms with Gasteiger partial charge in [0.25, 0.3) is 0 Å². The van der Waals surface area contributed by atoms with Crippen molar-refractivity contribution in [3.8, 4) is 0 Å². The first-order valence-electron chi connectivity index (χ1n) is 6.48. The van der Waals surface area contributed by atoms with Gasteiger partial charge in [0.2, 0.25) is 5.91 Å². The molecule has 0 aliphatic rings. The first kappa shape index (κ1) is 18.3. The SMILES string of the molecule is COC(=O)[C@H](CCCCN)NC(=O)[C@@H](N)CCC(=O)O. The summed E-state index contributed by atoms with van der Waals surface area (Å²) in [7, 11) is 1.23. The predicted molar refractivity (Wildman–Crippen MR) is 71.7 cm³/mol. The van der Waals surface area contributed by atoms with E-state index in [1.165, 1.54) is 7.11 Å². The van der Waals surface area contributed by atoms with Gasteiger partial charge in [-0.1, -0.05) is 0 Å². The summed E-state index contributed by atoms with van der Waals surface area (Å²) in [5, 5.41) is 11.0. The van der Waals surface area contributed by atoms with E-state index in [4.69, 9.17) is 16.6 Å². The van der Waals surface area contributed by atoms with E-state index in [1.54, 1.807) is 0 Å². The van der Waals surface area contributed by atoms with E-state index in [0.717, 1.165) is 6.42 Å². The lowest BCUT2D eigenvalue weighted by molar-refractivity contribution is -0.145. The molecule has 0 aliphatic carbocycles. The Morgan fingerprint density at radius 1 is 1.25 bits per heavy atom. The molecule has 0 saturated carbocycles. The number of rotatable bonds is 10. The second kappa shape index (κ2) is 10.2. The molecular formula is C12H23N3O5. The van der Waals surface area contributed by atoms with E-state index in [-0.39, 0.29) is 12.8 Å². The first-order chi connectivity index (χ1) is 9.42. The molecule has 0 fully saturated rings. The molecule has 0 saturated heterocycles. The second-order valence-corrected chi connectivity index (χ2v) is 4.41. The molecule has 0 aromatic rings. The minimum Gasteiger partial charge on any atom is -0.481 e. The van der Waals surface area contributed by atoms with Crippen LogP contribution in [-0.2, 0) is 19.1 Å². The zero-order chi connectivity index (χ0) is 15.5. The summed E-state index contributed by atoms with van der Waals surface area (Å²) in [6, 6.07) is -1.75. The van der Waals surface area contributed by atoms with Crippen molar-refractivity contribution in [3.05, 3.63) is 0 Å². The number of methoxy groups -OCH3 is 1. The van der Waals surface area contributed by atoms with E-state index < -0.39 is 29.9 Å². The van der Waals surface area contributed by atoms with Gasteiger partial charge in [0.1, 0.15) is 6.04 Å². The maximum Gasteiger partial charge on any atom is 0.328 e. The number of hydrogen-bond acceptors (Lipinski definition) is 6. The van der Waals surface area contributed by atoms with E-state index in [2.05, 4.69) is 10.1 Å². The average Bonchev–Trinajstić information content (AvgIpc) is 2.42. The van der Waals surface area contributed by atoms with Crippen LogP contribution in [0.5, 0.6) is 0 Å². The number of aliphatic carboxylic acids is 1. The fourth-order valence-electron chi connectivity index (χ4n) is 1.57. The Kier molecular flexibility index (Phi) is 9.31. The Balaban J connectivity index is 4.36. The number of hydrogen-bond donors (Lipinski definition) is 4. The van der Waals surface area contributed by atoms with Crippen LogP contribution >= 0.6 is 0 Å². The van der Waals surface area contributed by atoms with Gasteiger partial charge in [-0.25, -0.2) is 4.79 Å². The van der Waals surface area contributed by atoms with Crippen LogP contribution in [-0.4, -0.2) is 48.7 Å². The smallest absolute Gasteiger partial charge is 0.328 e. The van der Waals surface area contributed by atoms with E-state index in [9.17, 15) is 14.4 Å². The highest BCUT2D eigenvalue weighted by molar-refractivity contribution is 5.87. The van der Waals surface area contributed by atoms with Gasteiger partial charge in [-0.05, 0) is 32.2 Å². The zero-order valence-corrected chi connectivity index (χ0v) is 11.6. The van der Waals surface area contributed by atoms with Gasteiger partial charge in [-0.2, -0.15) is 0 Å². The molecule has 0 radical (unpaired) electrons. The van der Waals surface area contributed by atoms with E-state index >= 15 is 0 Å². The molecule has 116 valence electrons. The molecule has 0 rings (SSSR count). The number of esters is 1. The Labute approximate surface area is 117 Å². The number of carbonyl (C=O) groups excluding carboxylic acids is 2. The molecule has 6 N–H and O–H groups in total. The lowest BCUT2D eigenvalue weighted by atomic mass is 10.1. The Morgan fingerprint density at radius 2 is 1.90 bits per heavy atom. The number of amides is 1. The largest absolute Gasteiger partial charge is 0.481 e. The third-order valence-electron chi connectivity index (χ3n) is 2.76. The Morgan fingerprint density at radius 3 is 2.40 bits per heavy atom. The van der Waals surface area contributed by atoms with Gasteiger partial charge >= 0.3 is 11.9 Å². The minimum atomic E-state index is -1.03. The lowest BCUT2D eigenvalue weighted by Crippen LogP contribution is -2.48. The number of carboxylic acids is 1. The molecule has 0 heterocycles. The number of carbonyl (C=O) groups is 3. The number of carboxylic acid groups (broad SMARTS) is 1. The van der Waals surface area contributed by atoms with Crippen LogP contribution in [0.1, 0.15) is 32.1 Å². The minimum absolute atomic E-state index is 0.0118. The quantitative estimate of drug-likeness (QED) is 0.297. The highest BCUT2D eigenvalue weighted by Crippen LogP contribution is 2.04. The number of nitrogens with two attached hydrogens (primary N) is 2. The van der Waals surface area contributed by atoms with Crippen LogP contribution in [0.3, 0.4) is 0 Å². The standard InChI is InChI=1S/C12H23N3O5/c1-20-12(19)9(4-2-3-7-13)15-11(18)8(14)5-6-10(16)17/h8-9H,2-7,13-14H2,1H3,(H,15,18)(H,16,17)/t8-,9-/m0/s1. The van der Waals surface area contributed by atoms with Gasteiger partial charge in [0.15, 0.2) is 0 Å². The van der Waals surface area contributed by atoms with Gasteiger partial charge in [0.05, 0.1) is 13.2 Å². The monoisotopic (exact) mass is 289 g/mol. The molecule has 0 spiro atoms. The van der Waals surface area contributed by atoms with Gasteiger partial charge in [0, 0.05) is 6.42 Å². The fraction of sp³-hybridized carbons (Fsp3) is 0.750. The lowest BCUT2D eigenvalue weighted by Gasteiger charge is -2.18. The normalized spacial score (nSPS) is 13.3. The summed E-state index contributed by atoms with van der Waals surface area (Å²) in [5.41, 5.74) is 10.9. The molecule has 1 amide bonds. The highest BCUT2D eigenvalue weighted by atomic mass is 16.5. The second-order valence-electron chi connectivity index (χ2n) is 4.41. The van der Waals surface area contributed by atoms with E-state index in [0.29, 0.717) is 19.4 Å². The summed E-state index contributed by atoms with van der Waals surface area (Å²) in [5.74, 6) is -2.14. The van der Waals surface area contributed by atoms with Crippen LogP contribution < -0.4 is 16.8 Å².